The minimum absolute atomic E-state index is 0.212. The zero-order valence-electron chi connectivity index (χ0n) is 20.9. The van der Waals surface area contributed by atoms with Crippen molar-refractivity contribution in [3.8, 4) is 11.5 Å². The van der Waals surface area contributed by atoms with Gasteiger partial charge in [0.15, 0.2) is 11.5 Å². The average molecular weight is 524 g/mol. The number of esters is 1. The standard InChI is InChI=1S/C27H30ClN5O4/c1-17(34)37-18(14-33-9-4-3-5-10-33)15-36-25-12-23-20(11-24(25)35-2)27(31-16-30-23)32-22-8-6-7-19-21(28)13-29-26(19)22/h6-8,11-13,16,18,29H,3-5,9-10,14-15H2,1-2H3,(H,30,31,32). The highest BCUT2D eigenvalue weighted by Crippen LogP contribution is 2.36. The molecule has 5 rings (SSSR count). The van der Waals surface area contributed by atoms with Crippen LogP contribution in [0.15, 0.2) is 42.9 Å². The fraction of sp³-hybridized carbons (Fsp3) is 0.370. The molecule has 1 unspecified atom stereocenters. The predicted octanol–water partition coefficient (Wildman–Crippen LogP) is 5.31. The Morgan fingerprint density at radius 2 is 2.00 bits per heavy atom. The Hall–Kier alpha value is -3.56. The number of halogens is 1. The molecule has 1 aliphatic heterocycles. The summed E-state index contributed by atoms with van der Waals surface area (Å²) < 4.78 is 17.3. The topological polar surface area (TPSA) is 102 Å². The molecule has 2 aromatic heterocycles. The van der Waals surface area contributed by atoms with Crippen molar-refractivity contribution in [3.63, 3.8) is 0 Å². The Morgan fingerprint density at radius 1 is 1.16 bits per heavy atom. The van der Waals surface area contributed by atoms with Crippen molar-refractivity contribution in [1.82, 2.24) is 19.9 Å². The molecule has 194 valence electrons. The number of benzene rings is 2. The van der Waals surface area contributed by atoms with Crippen LogP contribution in [0.1, 0.15) is 26.2 Å². The van der Waals surface area contributed by atoms with Crippen LogP contribution in [0, 0.1) is 0 Å². The average Bonchev–Trinajstić information content (AvgIpc) is 3.29. The monoisotopic (exact) mass is 523 g/mol. The van der Waals surface area contributed by atoms with Gasteiger partial charge >= 0.3 is 5.97 Å². The number of rotatable bonds is 9. The van der Waals surface area contributed by atoms with Gasteiger partial charge in [0.1, 0.15) is 24.9 Å². The Bertz CT molecular complexity index is 1400. The van der Waals surface area contributed by atoms with Crippen LogP contribution in [-0.2, 0) is 9.53 Å². The van der Waals surface area contributed by atoms with E-state index in [2.05, 4.69) is 25.2 Å². The molecular formula is C27H30ClN5O4. The molecule has 1 fully saturated rings. The van der Waals surface area contributed by atoms with E-state index in [1.165, 1.54) is 19.7 Å². The summed E-state index contributed by atoms with van der Waals surface area (Å²) in [4.78, 5) is 26.2. The molecule has 0 bridgehead atoms. The van der Waals surface area contributed by atoms with Crippen LogP contribution in [0.4, 0.5) is 11.5 Å². The lowest BCUT2D eigenvalue weighted by Gasteiger charge is -2.30. The van der Waals surface area contributed by atoms with Gasteiger partial charge in [0.2, 0.25) is 0 Å². The highest BCUT2D eigenvalue weighted by atomic mass is 35.5. The number of piperidine rings is 1. The lowest BCUT2D eigenvalue weighted by atomic mass is 10.1. The van der Waals surface area contributed by atoms with Crippen LogP contribution in [0.25, 0.3) is 21.8 Å². The van der Waals surface area contributed by atoms with E-state index in [4.69, 9.17) is 25.8 Å². The first-order valence-electron chi connectivity index (χ1n) is 12.4. The molecule has 9 nitrogen and oxygen atoms in total. The normalized spacial score (nSPS) is 15.0. The minimum Gasteiger partial charge on any atom is -0.493 e. The van der Waals surface area contributed by atoms with Gasteiger partial charge < -0.3 is 24.5 Å². The number of hydrogen-bond donors (Lipinski definition) is 2. The van der Waals surface area contributed by atoms with Gasteiger partial charge in [-0.25, -0.2) is 9.97 Å². The lowest BCUT2D eigenvalue weighted by Crippen LogP contribution is -2.40. The van der Waals surface area contributed by atoms with E-state index in [-0.39, 0.29) is 18.7 Å². The number of nitrogens with one attached hydrogen (secondary N) is 2. The fourth-order valence-electron chi connectivity index (χ4n) is 4.76. The van der Waals surface area contributed by atoms with Gasteiger partial charge in [0.05, 0.1) is 28.9 Å². The Kier molecular flexibility index (Phi) is 7.62. The van der Waals surface area contributed by atoms with Crippen molar-refractivity contribution in [2.45, 2.75) is 32.3 Å². The summed E-state index contributed by atoms with van der Waals surface area (Å²) in [6, 6.07) is 9.51. The molecule has 1 atom stereocenters. The second kappa shape index (κ2) is 11.2. The highest BCUT2D eigenvalue weighted by Gasteiger charge is 2.21. The Morgan fingerprint density at radius 3 is 2.78 bits per heavy atom. The van der Waals surface area contributed by atoms with Gasteiger partial charge in [-0.05, 0) is 38.1 Å². The van der Waals surface area contributed by atoms with Crippen LogP contribution >= 0.6 is 11.6 Å². The van der Waals surface area contributed by atoms with E-state index in [0.29, 0.717) is 34.4 Å². The summed E-state index contributed by atoms with van der Waals surface area (Å²) in [5, 5.41) is 5.74. The number of methoxy groups -OCH3 is 1. The maximum atomic E-state index is 11.7. The van der Waals surface area contributed by atoms with E-state index in [1.54, 1.807) is 13.3 Å². The van der Waals surface area contributed by atoms with Crippen molar-refractivity contribution in [3.05, 3.63) is 47.9 Å². The number of fused-ring (bicyclic) bond motifs is 2. The third kappa shape index (κ3) is 5.73. The van der Waals surface area contributed by atoms with Crippen LogP contribution in [0.3, 0.4) is 0 Å². The molecule has 0 saturated carbocycles. The first-order valence-corrected chi connectivity index (χ1v) is 12.8. The van der Waals surface area contributed by atoms with Crippen molar-refractivity contribution in [2.24, 2.45) is 0 Å². The van der Waals surface area contributed by atoms with Crippen LogP contribution in [-0.4, -0.2) is 65.3 Å². The summed E-state index contributed by atoms with van der Waals surface area (Å²) in [5.41, 5.74) is 2.41. The van der Waals surface area contributed by atoms with E-state index in [0.717, 1.165) is 47.9 Å². The summed E-state index contributed by atoms with van der Waals surface area (Å²) in [5.74, 6) is 1.36. The molecule has 10 heteroatoms. The number of anilines is 2. The first kappa shape index (κ1) is 25.1. The summed E-state index contributed by atoms with van der Waals surface area (Å²) in [6.07, 6.45) is 6.44. The summed E-state index contributed by atoms with van der Waals surface area (Å²) in [7, 11) is 1.59. The van der Waals surface area contributed by atoms with Crippen molar-refractivity contribution < 1.29 is 19.0 Å². The van der Waals surface area contributed by atoms with E-state index in [9.17, 15) is 4.79 Å². The van der Waals surface area contributed by atoms with Crippen molar-refractivity contribution in [2.75, 3.05) is 38.7 Å². The van der Waals surface area contributed by atoms with Gasteiger partial charge in [0.25, 0.3) is 0 Å². The van der Waals surface area contributed by atoms with Gasteiger partial charge in [-0.1, -0.05) is 30.2 Å². The van der Waals surface area contributed by atoms with Crippen molar-refractivity contribution in [1.29, 1.82) is 0 Å². The largest absolute Gasteiger partial charge is 0.493 e. The van der Waals surface area contributed by atoms with Crippen LogP contribution in [0.2, 0.25) is 5.02 Å². The van der Waals surface area contributed by atoms with Gasteiger partial charge in [-0.3, -0.25) is 9.69 Å². The third-order valence-electron chi connectivity index (χ3n) is 6.51. The lowest BCUT2D eigenvalue weighted by molar-refractivity contribution is -0.149. The maximum Gasteiger partial charge on any atom is 0.303 e. The van der Waals surface area contributed by atoms with E-state index >= 15 is 0 Å². The number of nitrogens with zero attached hydrogens (tertiary/aromatic N) is 3. The molecule has 0 aliphatic carbocycles. The molecule has 4 aromatic rings. The van der Waals surface area contributed by atoms with Crippen molar-refractivity contribution >= 4 is 50.9 Å². The predicted molar refractivity (Wildman–Crippen MR) is 144 cm³/mol. The molecule has 2 aromatic carbocycles. The quantitative estimate of drug-likeness (QED) is 0.284. The van der Waals surface area contributed by atoms with Crippen LogP contribution < -0.4 is 14.8 Å². The molecule has 0 radical (unpaired) electrons. The second-order valence-electron chi connectivity index (χ2n) is 9.14. The zero-order chi connectivity index (χ0) is 25.8. The molecule has 1 aliphatic rings. The zero-order valence-corrected chi connectivity index (χ0v) is 21.7. The molecule has 0 spiro atoms. The van der Waals surface area contributed by atoms with E-state index in [1.807, 2.05) is 30.3 Å². The highest BCUT2D eigenvalue weighted by molar-refractivity contribution is 6.36. The number of aromatic nitrogens is 3. The third-order valence-corrected chi connectivity index (χ3v) is 6.82. The number of hydrogen-bond acceptors (Lipinski definition) is 8. The van der Waals surface area contributed by atoms with Gasteiger partial charge in [-0.15, -0.1) is 0 Å². The summed E-state index contributed by atoms with van der Waals surface area (Å²) in [6.45, 7) is 4.29. The maximum absolute atomic E-state index is 11.7. The molecule has 3 heterocycles. The molecule has 2 N–H and O–H groups in total. The Labute approximate surface area is 220 Å². The minimum atomic E-state index is -0.383. The Balaban J connectivity index is 1.39. The SMILES string of the molecule is COc1cc2c(Nc3cccc4c(Cl)c[nH]c34)ncnc2cc1OCC(CN1CCCCC1)OC(C)=O. The number of likely N-dealkylation sites (tertiary alicyclic amines) is 1. The number of aromatic amines is 1. The van der Waals surface area contributed by atoms with E-state index < -0.39 is 0 Å². The second-order valence-corrected chi connectivity index (χ2v) is 9.54. The summed E-state index contributed by atoms with van der Waals surface area (Å²) >= 11 is 6.29. The number of carbonyl (C=O) groups is 1. The number of para-hydroxylation sites is 1. The molecule has 37 heavy (non-hydrogen) atoms. The molecule has 0 amide bonds. The number of carbonyl (C=O) groups excluding carboxylic acids is 1. The van der Waals surface area contributed by atoms with Gasteiger partial charge in [0, 0.05) is 36.5 Å². The van der Waals surface area contributed by atoms with Crippen LogP contribution in [0.5, 0.6) is 11.5 Å². The first-order chi connectivity index (χ1) is 18.0. The smallest absolute Gasteiger partial charge is 0.303 e. The number of ether oxygens (including phenoxy) is 3. The molecular weight excluding hydrogens is 494 g/mol. The number of H-pyrrole nitrogens is 1. The molecule has 1 saturated heterocycles. The fourth-order valence-corrected chi connectivity index (χ4v) is 4.97. The van der Waals surface area contributed by atoms with Gasteiger partial charge in [-0.2, -0.15) is 0 Å².